The van der Waals surface area contributed by atoms with Crippen LogP contribution in [0.1, 0.15) is 19.4 Å². The summed E-state index contributed by atoms with van der Waals surface area (Å²) in [6.45, 7) is 5.82. The quantitative estimate of drug-likeness (QED) is 0.803. The minimum absolute atomic E-state index is 0.0335. The highest BCUT2D eigenvalue weighted by Crippen LogP contribution is 2.12. The highest BCUT2D eigenvalue weighted by molar-refractivity contribution is 6.30. The van der Waals surface area contributed by atoms with Crippen LogP contribution in [0.2, 0.25) is 5.15 Å². The second-order valence-corrected chi connectivity index (χ2v) is 5.18. The fourth-order valence-corrected chi connectivity index (χ4v) is 1.68. The number of hydrogen-bond acceptors (Lipinski definition) is 3. The summed E-state index contributed by atoms with van der Waals surface area (Å²) >= 11 is 5.97. The Morgan fingerprint density at radius 2 is 2.28 bits per heavy atom. The molecule has 1 rings (SSSR count). The Kier molecular flexibility index (Phi) is 6.09. The Morgan fingerprint density at radius 3 is 2.89 bits per heavy atom. The van der Waals surface area contributed by atoms with Crippen molar-refractivity contribution >= 4 is 17.5 Å². The summed E-state index contributed by atoms with van der Waals surface area (Å²) in [4.78, 5) is 17.6. The van der Waals surface area contributed by atoms with Gasteiger partial charge in [-0.1, -0.05) is 31.5 Å². The molecule has 0 fully saturated rings. The molecule has 0 bridgehead atoms. The Bertz CT molecular complexity index is 396. The predicted octanol–water partition coefficient (Wildman–Crippen LogP) is 1.94. The van der Waals surface area contributed by atoms with Gasteiger partial charge in [0.1, 0.15) is 5.15 Å². The van der Waals surface area contributed by atoms with Gasteiger partial charge in [0.15, 0.2) is 0 Å². The molecule has 0 unspecified atom stereocenters. The minimum atomic E-state index is 0.0335. The molecule has 0 aromatic carbocycles. The standard InChI is InChI=1S/C13H20ClN3O/c1-10(2)7-16-12(18)9-17(3)8-11-5-4-6-15-13(11)14/h4-6,10H,7-9H2,1-3H3,(H,16,18). The number of amides is 1. The third-order valence-corrected chi connectivity index (χ3v) is 2.74. The van der Waals surface area contributed by atoms with Gasteiger partial charge in [-0.25, -0.2) is 4.98 Å². The van der Waals surface area contributed by atoms with Crippen molar-refractivity contribution in [3.05, 3.63) is 29.0 Å². The highest BCUT2D eigenvalue weighted by Gasteiger charge is 2.09. The lowest BCUT2D eigenvalue weighted by molar-refractivity contribution is -0.122. The number of carbonyl (C=O) groups excluding carboxylic acids is 1. The third-order valence-electron chi connectivity index (χ3n) is 2.40. The second kappa shape index (κ2) is 7.34. The smallest absolute Gasteiger partial charge is 0.234 e. The molecule has 1 amide bonds. The Morgan fingerprint density at radius 1 is 1.56 bits per heavy atom. The molecule has 0 aliphatic heterocycles. The zero-order valence-corrected chi connectivity index (χ0v) is 11.9. The van der Waals surface area contributed by atoms with Crippen molar-refractivity contribution in [1.29, 1.82) is 0 Å². The van der Waals surface area contributed by atoms with Crippen molar-refractivity contribution in [3.63, 3.8) is 0 Å². The predicted molar refractivity (Wildman–Crippen MR) is 73.4 cm³/mol. The molecule has 0 aliphatic carbocycles. The average Bonchev–Trinajstić information content (AvgIpc) is 2.29. The number of likely N-dealkylation sites (N-methyl/N-ethyl adjacent to an activating group) is 1. The van der Waals surface area contributed by atoms with Gasteiger partial charge in [-0.05, 0) is 19.0 Å². The van der Waals surface area contributed by atoms with Crippen LogP contribution in [0.5, 0.6) is 0 Å². The van der Waals surface area contributed by atoms with Crippen LogP contribution in [0.25, 0.3) is 0 Å². The fourth-order valence-electron chi connectivity index (χ4n) is 1.50. The van der Waals surface area contributed by atoms with Crippen molar-refractivity contribution in [3.8, 4) is 0 Å². The Balaban J connectivity index is 2.40. The summed E-state index contributed by atoms with van der Waals surface area (Å²) in [7, 11) is 1.89. The van der Waals surface area contributed by atoms with E-state index >= 15 is 0 Å². The van der Waals surface area contributed by atoms with E-state index in [0.29, 0.717) is 30.7 Å². The fraction of sp³-hybridized carbons (Fsp3) is 0.538. The van der Waals surface area contributed by atoms with Crippen LogP contribution >= 0.6 is 11.6 Å². The maximum absolute atomic E-state index is 11.6. The molecule has 18 heavy (non-hydrogen) atoms. The Hall–Kier alpha value is -1.13. The van der Waals surface area contributed by atoms with E-state index in [-0.39, 0.29) is 5.91 Å². The molecule has 0 atom stereocenters. The molecule has 1 N–H and O–H groups in total. The molecule has 5 heteroatoms. The van der Waals surface area contributed by atoms with Crippen LogP contribution in [0.15, 0.2) is 18.3 Å². The molecule has 0 aliphatic rings. The normalized spacial score (nSPS) is 11.0. The van der Waals surface area contributed by atoms with E-state index < -0.39 is 0 Å². The lowest BCUT2D eigenvalue weighted by atomic mass is 10.2. The molecule has 0 saturated carbocycles. The van der Waals surface area contributed by atoms with Crippen LogP contribution < -0.4 is 5.32 Å². The van der Waals surface area contributed by atoms with E-state index in [0.717, 1.165) is 5.56 Å². The minimum Gasteiger partial charge on any atom is -0.355 e. The molecule has 0 radical (unpaired) electrons. The highest BCUT2D eigenvalue weighted by atomic mass is 35.5. The van der Waals surface area contributed by atoms with Gasteiger partial charge >= 0.3 is 0 Å². The lowest BCUT2D eigenvalue weighted by Crippen LogP contribution is -2.36. The van der Waals surface area contributed by atoms with E-state index in [9.17, 15) is 4.79 Å². The Labute approximate surface area is 113 Å². The molecular formula is C13H20ClN3O. The number of pyridine rings is 1. The topological polar surface area (TPSA) is 45.2 Å². The van der Waals surface area contributed by atoms with Crippen molar-refractivity contribution < 1.29 is 4.79 Å². The number of rotatable bonds is 6. The van der Waals surface area contributed by atoms with Crippen LogP contribution in [-0.2, 0) is 11.3 Å². The molecule has 1 aromatic heterocycles. The van der Waals surface area contributed by atoms with Gasteiger partial charge in [0.05, 0.1) is 6.54 Å². The van der Waals surface area contributed by atoms with Gasteiger partial charge in [0.2, 0.25) is 5.91 Å². The average molecular weight is 270 g/mol. The SMILES string of the molecule is CC(C)CNC(=O)CN(C)Cc1cccnc1Cl. The van der Waals surface area contributed by atoms with Crippen LogP contribution in [0.4, 0.5) is 0 Å². The number of nitrogens with zero attached hydrogens (tertiary/aromatic N) is 2. The van der Waals surface area contributed by atoms with Gasteiger partial charge < -0.3 is 5.32 Å². The van der Waals surface area contributed by atoms with E-state index in [1.54, 1.807) is 6.20 Å². The molecule has 0 saturated heterocycles. The maximum Gasteiger partial charge on any atom is 0.234 e. The summed E-state index contributed by atoms with van der Waals surface area (Å²) < 4.78 is 0. The van der Waals surface area contributed by atoms with Crippen molar-refractivity contribution in [2.75, 3.05) is 20.1 Å². The first-order valence-corrected chi connectivity index (χ1v) is 6.41. The second-order valence-electron chi connectivity index (χ2n) is 4.82. The summed E-state index contributed by atoms with van der Waals surface area (Å²) in [5.41, 5.74) is 0.929. The number of aromatic nitrogens is 1. The number of carbonyl (C=O) groups is 1. The van der Waals surface area contributed by atoms with Gasteiger partial charge in [-0.15, -0.1) is 0 Å². The first-order chi connectivity index (χ1) is 8.49. The molecule has 4 nitrogen and oxygen atoms in total. The van der Waals surface area contributed by atoms with Gasteiger partial charge in [0, 0.05) is 24.8 Å². The number of nitrogens with one attached hydrogen (secondary N) is 1. The third kappa shape index (κ3) is 5.47. The monoisotopic (exact) mass is 269 g/mol. The van der Waals surface area contributed by atoms with E-state index in [1.165, 1.54) is 0 Å². The first-order valence-electron chi connectivity index (χ1n) is 6.03. The van der Waals surface area contributed by atoms with Crippen molar-refractivity contribution in [2.45, 2.75) is 20.4 Å². The summed E-state index contributed by atoms with van der Waals surface area (Å²) in [5, 5.41) is 3.38. The molecule has 1 heterocycles. The van der Waals surface area contributed by atoms with Gasteiger partial charge in [-0.2, -0.15) is 0 Å². The van der Waals surface area contributed by atoms with E-state index in [2.05, 4.69) is 24.1 Å². The van der Waals surface area contributed by atoms with Crippen molar-refractivity contribution in [1.82, 2.24) is 15.2 Å². The largest absolute Gasteiger partial charge is 0.355 e. The van der Waals surface area contributed by atoms with E-state index in [1.807, 2.05) is 24.1 Å². The van der Waals surface area contributed by atoms with Crippen LogP contribution in [0.3, 0.4) is 0 Å². The molecular weight excluding hydrogens is 250 g/mol. The molecule has 0 spiro atoms. The summed E-state index contributed by atoms with van der Waals surface area (Å²) in [6.07, 6.45) is 1.65. The molecule has 100 valence electrons. The maximum atomic E-state index is 11.6. The molecule has 1 aromatic rings. The number of halogens is 1. The number of hydrogen-bond donors (Lipinski definition) is 1. The van der Waals surface area contributed by atoms with Gasteiger partial charge in [0.25, 0.3) is 0 Å². The summed E-state index contributed by atoms with van der Waals surface area (Å²) in [5.74, 6) is 0.498. The zero-order chi connectivity index (χ0) is 13.5. The summed E-state index contributed by atoms with van der Waals surface area (Å²) in [6, 6.07) is 3.76. The van der Waals surface area contributed by atoms with E-state index in [4.69, 9.17) is 11.6 Å². The van der Waals surface area contributed by atoms with Gasteiger partial charge in [-0.3, -0.25) is 9.69 Å². The van der Waals surface area contributed by atoms with Crippen molar-refractivity contribution in [2.24, 2.45) is 5.92 Å². The first kappa shape index (κ1) is 14.9. The lowest BCUT2D eigenvalue weighted by Gasteiger charge is -2.17. The van der Waals surface area contributed by atoms with Crippen LogP contribution in [0, 0.1) is 5.92 Å². The zero-order valence-electron chi connectivity index (χ0n) is 11.1. The van der Waals surface area contributed by atoms with Crippen LogP contribution in [-0.4, -0.2) is 35.9 Å².